The van der Waals surface area contributed by atoms with Crippen molar-refractivity contribution >= 4 is 27.5 Å². The molecule has 1 aromatic carbocycles. The van der Waals surface area contributed by atoms with Crippen LogP contribution in [0.5, 0.6) is 5.75 Å². The quantitative estimate of drug-likeness (QED) is 0.318. The number of hydrogen-bond acceptors (Lipinski definition) is 9. The van der Waals surface area contributed by atoms with E-state index in [-0.39, 0.29) is 38.6 Å². The van der Waals surface area contributed by atoms with Crippen molar-refractivity contribution < 1.29 is 24.1 Å². The number of carbonyl (C=O) groups excluding carboxylic acids is 1. The average molecular weight is 575 g/mol. The van der Waals surface area contributed by atoms with Gasteiger partial charge in [-0.1, -0.05) is 11.3 Å². The first-order valence-corrected chi connectivity index (χ1v) is 13.6. The lowest BCUT2D eigenvalue weighted by molar-refractivity contribution is -0.130. The van der Waals surface area contributed by atoms with Gasteiger partial charge in [0.1, 0.15) is 27.9 Å². The summed E-state index contributed by atoms with van der Waals surface area (Å²) in [5, 5.41) is 24.5. The summed E-state index contributed by atoms with van der Waals surface area (Å²) in [4.78, 5) is 43.6. The van der Waals surface area contributed by atoms with Gasteiger partial charge in [-0.25, -0.2) is 9.18 Å². The SMILES string of the molecule is COc1ccc(F)cc1CCn1c(=O)n(CC(=O)N2CCCC2)c(=O)c2c(C)c(-n3nccn3)sc21.OCCO. The van der Waals surface area contributed by atoms with Crippen molar-refractivity contribution in [1.29, 1.82) is 0 Å². The first kappa shape index (κ1) is 29.1. The fourth-order valence-corrected chi connectivity index (χ4v) is 5.84. The van der Waals surface area contributed by atoms with E-state index in [0.29, 0.717) is 45.2 Å². The molecule has 0 bridgehead atoms. The van der Waals surface area contributed by atoms with Gasteiger partial charge in [-0.3, -0.25) is 18.7 Å². The Labute approximate surface area is 232 Å². The minimum atomic E-state index is -0.586. The van der Waals surface area contributed by atoms with E-state index in [1.54, 1.807) is 11.8 Å². The topological polar surface area (TPSA) is 145 Å². The summed E-state index contributed by atoms with van der Waals surface area (Å²) < 4.78 is 21.8. The highest BCUT2D eigenvalue weighted by Crippen LogP contribution is 2.30. The van der Waals surface area contributed by atoms with Crippen LogP contribution >= 0.6 is 11.3 Å². The molecule has 1 fully saturated rings. The Balaban J connectivity index is 0.000000867. The van der Waals surface area contributed by atoms with Crippen LogP contribution in [0.25, 0.3) is 15.2 Å². The Morgan fingerprint density at radius 1 is 1.10 bits per heavy atom. The number of amides is 1. The highest BCUT2D eigenvalue weighted by atomic mass is 32.1. The average Bonchev–Trinajstić information content (AvgIpc) is 3.73. The summed E-state index contributed by atoms with van der Waals surface area (Å²) in [5.41, 5.74) is 0.104. The lowest BCUT2D eigenvalue weighted by Crippen LogP contribution is -2.44. The first-order chi connectivity index (χ1) is 19.3. The van der Waals surface area contributed by atoms with E-state index in [0.717, 1.165) is 17.4 Å². The maximum absolute atomic E-state index is 13.9. The Bertz CT molecular complexity index is 1590. The van der Waals surface area contributed by atoms with Gasteiger partial charge in [-0.2, -0.15) is 10.2 Å². The Morgan fingerprint density at radius 2 is 1.77 bits per heavy atom. The van der Waals surface area contributed by atoms with Gasteiger partial charge in [0.15, 0.2) is 0 Å². The molecule has 4 aromatic rings. The molecule has 3 aromatic heterocycles. The third-order valence-corrected chi connectivity index (χ3v) is 7.85. The molecule has 1 aliphatic rings. The zero-order valence-corrected chi connectivity index (χ0v) is 23.1. The minimum absolute atomic E-state index is 0.125. The molecule has 40 heavy (non-hydrogen) atoms. The van der Waals surface area contributed by atoms with Gasteiger partial charge in [0.25, 0.3) is 5.56 Å². The highest BCUT2D eigenvalue weighted by molar-refractivity contribution is 7.21. The van der Waals surface area contributed by atoms with Crippen LogP contribution in [0.4, 0.5) is 4.39 Å². The van der Waals surface area contributed by atoms with Gasteiger partial charge in [-0.05, 0) is 49.9 Å². The van der Waals surface area contributed by atoms with Crippen molar-refractivity contribution in [2.75, 3.05) is 33.4 Å². The number of ether oxygens (including phenoxy) is 1. The summed E-state index contributed by atoms with van der Waals surface area (Å²) in [6.45, 7) is 2.59. The molecule has 0 atom stereocenters. The van der Waals surface area contributed by atoms with Gasteiger partial charge in [0, 0.05) is 25.2 Å². The molecule has 0 aliphatic carbocycles. The Hall–Kier alpha value is -3.88. The number of aliphatic hydroxyl groups is 2. The summed E-state index contributed by atoms with van der Waals surface area (Å²) in [5.74, 6) is -0.170. The van der Waals surface area contributed by atoms with E-state index in [9.17, 15) is 18.8 Å². The fraction of sp³-hybridized carbons (Fsp3) is 0.423. The van der Waals surface area contributed by atoms with Crippen molar-refractivity contribution in [3.63, 3.8) is 0 Å². The molecule has 1 aliphatic heterocycles. The molecule has 0 spiro atoms. The third-order valence-electron chi connectivity index (χ3n) is 6.57. The number of likely N-dealkylation sites (tertiary alicyclic amines) is 1. The maximum Gasteiger partial charge on any atom is 0.332 e. The second-order valence-corrected chi connectivity index (χ2v) is 10.1. The normalized spacial score (nSPS) is 13.0. The molecule has 0 unspecified atom stereocenters. The summed E-state index contributed by atoms with van der Waals surface area (Å²) >= 11 is 1.22. The number of benzene rings is 1. The van der Waals surface area contributed by atoms with Crippen LogP contribution in [0, 0.1) is 12.7 Å². The van der Waals surface area contributed by atoms with Crippen molar-refractivity contribution in [2.24, 2.45) is 0 Å². The van der Waals surface area contributed by atoms with Crippen molar-refractivity contribution in [1.82, 2.24) is 29.0 Å². The van der Waals surface area contributed by atoms with E-state index < -0.39 is 17.1 Å². The molecule has 214 valence electrons. The van der Waals surface area contributed by atoms with Crippen LogP contribution in [-0.2, 0) is 24.3 Å². The standard InChI is InChI=1S/C24H25FN6O4S.C2H6O2/c1-15-20-21(33)30(14-19(32)28-10-3-4-11-28)24(34)29(23(20)36-22(15)31-26-8-9-27-31)12-7-16-13-17(25)5-6-18(16)35-2;3-1-2-4/h5-6,8-9,13H,3-4,7,10-12,14H2,1-2H3;3-4H,1-2H2. The largest absolute Gasteiger partial charge is 0.496 e. The third kappa shape index (κ3) is 5.98. The molecule has 4 heterocycles. The van der Waals surface area contributed by atoms with Crippen LogP contribution in [0.3, 0.4) is 0 Å². The van der Waals surface area contributed by atoms with Gasteiger partial charge in [0.05, 0.1) is 38.1 Å². The molecular weight excluding hydrogens is 543 g/mol. The fourth-order valence-electron chi connectivity index (χ4n) is 4.61. The van der Waals surface area contributed by atoms with Crippen LogP contribution < -0.4 is 16.0 Å². The van der Waals surface area contributed by atoms with Crippen LogP contribution in [0.1, 0.15) is 24.0 Å². The predicted octanol–water partition coefficient (Wildman–Crippen LogP) is 1.10. The molecule has 1 amide bonds. The Kier molecular flexibility index (Phi) is 9.45. The smallest absolute Gasteiger partial charge is 0.332 e. The second kappa shape index (κ2) is 13.0. The first-order valence-electron chi connectivity index (χ1n) is 12.8. The molecule has 0 radical (unpaired) electrons. The minimum Gasteiger partial charge on any atom is -0.496 e. The molecule has 1 saturated heterocycles. The van der Waals surface area contributed by atoms with E-state index in [1.165, 1.54) is 58.4 Å². The number of halogens is 1. The van der Waals surface area contributed by atoms with Crippen molar-refractivity contribution in [3.8, 4) is 10.8 Å². The number of aryl methyl sites for hydroxylation is 3. The zero-order valence-electron chi connectivity index (χ0n) is 22.2. The molecule has 14 heteroatoms. The van der Waals surface area contributed by atoms with Crippen molar-refractivity contribution in [2.45, 2.75) is 39.3 Å². The van der Waals surface area contributed by atoms with E-state index >= 15 is 0 Å². The van der Waals surface area contributed by atoms with Crippen LogP contribution in [0.15, 0.2) is 40.2 Å². The summed E-state index contributed by atoms with van der Waals surface area (Å²) in [6.07, 6.45) is 5.15. The van der Waals surface area contributed by atoms with E-state index in [4.69, 9.17) is 14.9 Å². The monoisotopic (exact) mass is 574 g/mol. The van der Waals surface area contributed by atoms with E-state index in [1.807, 2.05) is 0 Å². The summed E-state index contributed by atoms with van der Waals surface area (Å²) in [7, 11) is 1.50. The molecule has 2 N–H and O–H groups in total. The number of hydrogen-bond donors (Lipinski definition) is 2. The highest BCUT2D eigenvalue weighted by Gasteiger charge is 2.25. The van der Waals surface area contributed by atoms with Crippen LogP contribution in [0.2, 0.25) is 0 Å². The number of rotatable bonds is 8. The number of methoxy groups -OCH3 is 1. The van der Waals surface area contributed by atoms with Crippen LogP contribution in [-0.4, -0.2) is 78.6 Å². The van der Waals surface area contributed by atoms with Gasteiger partial charge in [0.2, 0.25) is 5.91 Å². The second-order valence-electron chi connectivity index (χ2n) is 9.10. The number of fused-ring (bicyclic) bond motifs is 1. The molecule has 0 saturated carbocycles. The number of carbonyl (C=O) groups is 1. The molecule has 5 rings (SSSR count). The predicted molar refractivity (Wildman–Crippen MR) is 147 cm³/mol. The summed E-state index contributed by atoms with van der Waals surface area (Å²) in [6, 6.07) is 4.21. The van der Waals surface area contributed by atoms with Gasteiger partial charge in [-0.15, -0.1) is 4.80 Å². The van der Waals surface area contributed by atoms with E-state index in [2.05, 4.69) is 10.2 Å². The number of thiophene rings is 1. The van der Waals surface area contributed by atoms with Gasteiger partial charge < -0.3 is 19.8 Å². The number of aromatic nitrogens is 5. The lowest BCUT2D eigenvalue weighted by atomic mass is 10.1. The van der Waals surface area contributed by atoms with Gasteiger partial charge >= 0.3 is 5.69 Å². The number of nitrogens with zero attached hydrogens (tertiary/aromatic N) is 6. The lowest BCUT2D eigenvalue weighted by Gasteiger charge is -2.17. The number of aliphatic hydroxyl groups excluding tert-OH is 2. The molecular formula is C26H31FN6O6S. The Morgan fingerprint density at radius 3 is 2.40 bits per heavy atom. The molecule has 12 nitrogen and oxygen atoms in total. The van der Waals surface area contributed by atoms with Crippen molar-refractivity contribution in [3.05, 3.63) is 68.4 Å². The maximum atomic E-state index is 13.9. The zero-order chi connectivity index (χ0) is 28.8.